The van der Waals surface area contributed by atoms with Crippen molar-refractivity contribution >= 4 is 32.2 Å². The molecule has 0 bridgehead atoms. The summed E-state index contributed by atoms with van der Waals surface area (Å²) >= 11 is 5.71. The molecule has 15 heavy (non-hydrogen) atoms. The second-order valence-electron chi connectivity index (χ2n) is 3.31. The molecule has 0 aliphatic carbocycles. The zero-order chi connectivity index (χ0) is 11.7. The van der Waals surface area contributed by atoms with Gasteiger partial charge in [-0.25, -0.2) is 4.21 Å². The largest absolute Gasteiger partial charge is 0.248 e. The van der Waals surface area contributed by atoms with Gasteiger partial charge in [-0.15, -0.1) is 11.6 Å². The molecule has 0 spiro atoms. The van der Waals surface area contributed by atoms with Crippen LogP contribution in [0, 0.1) is 0 Å². The average Bonchev–Trinajstić information content (AvgIpc) is 2.25. The first-order chi connectivity index (χ1) is 7.11. The molecular formula is C11H19ClOS2. The Kier molecular flexibility index (Phi) is 9.66. The molecule has 1 unspecified atom stereocenters. The van der Waals surface area contributed by atoms with Crippen molar-refractivity contribution in [2.24, 2.45) is 0 Å². The molecule has 1 atom stereocenters. The van der Waals surface area contributed by atoms with E-state index in [4.69, 9.17) is 11.6 Å². The summed E-state index contributed by atoms with van der Waals surface area (Å²) in [5.74, 6) is 2.02. The highest BCUT2D eigenvalue weighted by molar-refractivity contribution is 8.69. The molecule has 1 nitrogen and oxygen atoms in total. The van der Waals surface area contributed by atoms with Crippen LogP contribution in [0.25, 0.3) is 0 Å². The second kappa shape index (κ2) is 9.49. The van der Waals surface area contributed by atoms with Gasteiger partial charge in [0.05, 0.1) is 15.6 Å². The Bertz CT molecular complexity index is 259. The van der Waals surface area contributed by atoms with Gasteiger partial charge in [0.1, 0.15) is 0 Å². The lowest BCUT2D eigenvalue weighted by molar-refractivity contribution is 0.693. The summed E-state index contributed by atoms with van der Waals surface area (Å²) in [5, 5.41) is 0. The number of allylic oxidation sites excluding steroid dienone is 2. The van der Waals surface area contributed by atoms with Crippen molar-refractivity contribution < 1.29 is 4.21 Å². The zero-order valence-electron chi connectivity index (χ0n) is 9.59. The van der Waals surface area contributed by atoms with Crippen LogP contribution in [0.1, 0.15) is 27.2 Å². The molecule has 0 saturated heterocycles. The average molecular weight is 267 g/mol. The van der Waals surface area contributed by atoms with Crippen LogP contribution < -0.4 is 0 Å². The van der Waals surface area contributed by atoms with E-state index in [-0.39, 0.29) is 0 Å². The van der Waals surface area contributed by atoms with E-state index in [0.29, 0.717) is 11.6 Å². The minimum Gasteiger partial charge on any atom is -0.248 e. The van der Waals surface area contributed by atoms with E-state index in [1.807, 2.05) is 26.0 Å². The molecule has 0 aliphatic heterocycles. The molecule has 0 aromatic carbocycles. The lowest BCUT2D eigenvalue weighted by Gasteiger charge is -2.03. The van der Waals surface area contributed by atoms with Crippen LogP contribution in [0.3, 0.4) is 0 Å². The van der Waals surface area contributed by atoms with Crippen molar-refractivity contribution in [3.63, 3.8) is 0 Å². The van der Waals surface area contributed by atoms with Gasteiger partial charge in [-0.2, -0.15) is 0 Å². The Morgan fingerprint density at radius 1 is 1.33 bits per heavy atom. The standard InChI is InChI=1S/C11H19ClOS2/c1-4-5-6-7-15(13)14-9-11(3)10(2)8-12/h5-6H,4,7-9H2,1-3H3/b6-5+,11-10+. The molecular weight excluding hydrogens is 248 g/mol. The van der Waals surface area contributed by atoms with Crippen LogP contribution in [-0.2, 0) is 9.83 Å². The maximum atomic E-state index is 11.5. The van der Waals surface area contributed by atoms with Crippen molar-refractivity contribution in [2.75, 3.05) is 17.4 Å². The highest BCUT2D eigenvalue weighted by Gasteiger charge is 2.01. The minimum atomic E-state index is -0.808. The van der Waals surface area contributed by atoms with Gasteiger partial charge in [-0.05, 0) is 20.3 Å². The molecule has 0 fully saturated rings. The fraction of sp³-hybridized carbons (Fsp3) is 0.636. The van der Waals surface area contributed by atoms with Gasteiger partial charge < -0.3 is 0 Å². The molecule has 0 aromatic rings. The monoisotopic (exact) mass is 266 g/mol. The highest BCUT2D eigenvalue weighted by Crippen LogP contribution is 2.16. The fourth-order valence-electron chi connectivity index (χ4n) is 0.753. The smallest absolute Gasteiger partial charge is 0.0845 e. The van der Waals surface area contributed by atoms with E-state index >= 15 is 0 Å². The summed E-state index contributed by atoms with van der Waals surface area (Å²) in [5.41, 5.74) is 2.42. The van der Waals surface area contributed by atoms with Crippen LogP contribution in [0.4, 0.5) is 0 Å². The van der Waals surface area contributed by atoms with Crippen molar-refractivity contribution in [3.05, 3.63) is 23.3 Å². The first-order valence-electron chi connectivity index (χ1n) is 4.99. The second-order valence-corrected chi connectivity index (χ2v) is 6.86. The van der Waals surface area contributed by atoms with Gasteiger partial charge in [-0.1, -0.05) is 41.0 Å². The van der Waals surface area contributed by atoms with E-state index < -0.39 is 9.83 Å². The van der Waals surface area contributed by atoms with Gasteiger partial charge in [0.2, 0.25) is 0 Å². The molecule has 0 saturated carbocycles. The number of halogens is 1. The third-order valence-electron chi connectivity index (χ3n) is 1.97. The van der Waals surface area contributed by atoms with Crippen molar-refractivity contribution in [1.29, 1.82) is 0 Å². The number of rotatable bonds is 7. The predicted molar refractivity (Wildman–Crippen MR) is 74.0 cm³/mol. The Labute approximate surface area is 104 Å². The van der Waals surface area contributed by atoms with Gasteiger partial charge in [0.15, 0.2) is 0 Å². The van der Waals surface area contributed by atoms with Gasteiger partial charge in [0.25, 0.3) is 0 Å². The summed E-state index contributed by atoms with van der Waals surface area (Å²) in [6.07, 6.45) is 5.04. The lowest BCUT2D eigenvalue weighted by atomic mass is 10.2. The Morgan fingerprint density at radius 2 is 2.00 bits per heavy atom. The summed E-state index contributed by atoms with van der Waals surface area (Å²) in [4.78, 5) is 0. The number of alkyl halides is 1. The topological polar surface area (TPSA) is 17.1 Å². The maximum Gasteiger partial charge on any atom is 0.0845 e. The summed E-state index contributed by atoms with van der Waals surface area (Å²) in [6, 6.07) is 0. The Hall–Kier alpha value is 0.270. The predicted octanol–water partition coefficient (Wildman–Crippen LogP) is 3.92. The molecule has 0 heterocycles. The maximum absolute atomic E-state index is 11.5. The highest BCUT2D eigenvalue weighted by atomic mass is 35.5. The van der Waals surface area contributed by atoms with Crippen molar-refractivity contribution in [3.8, 4) is 0 Å². The first kappa shape index (κ1) is 15.3. The van der Waals surface area contributed by atoms with E-state index in [9.17, 15) is 4.21 Å². The number of hydrogen-bond donors (Lipinski definition) is 0. The quantitative estimate of drug-likeness (QED) is 0.395. The summed E-state index contributed by atoms with van der Waals surface area (Å²) in [7, 11) is 0.675. The number of hydrogen-bond acceptors (Lipinski definition) is 2. The third-order valence-corrected chi connectivity index (χ3v) is 5.20. The van der Waals surface area contributed by atoms with Crippen LogP contribution in [-0.4, -0.2) is 21.6 Å². The first-order valence-corrected chi connectivity index (χ1v) is 8.35. The van der Waals surface area contributed by atoms with Gasteiger partial charge >= 0.3 is 0 Å². The van der Waals surface area contributed by atoms with Gasteiger partial charge in [0, 0.05) is 11.6 Å². The normalized spacial score (nSPS) is 15.5. The molecule has 0 N–H and O–H groups in total. The molecule has 0 radical (unpaired) electrons. The molecule has 88 valence electrons. The van der Waals surface area contributed by atoms with E-state index in [0.717, 1.165) is 12.2 Å². The summed E-state index contributed by atoms with van der Waals surface area (Å²) in [6.45, 7) is 6.13. The SMILES string of the molecule is CC/C=C/CS(=O)SC/C(C)=C(\C)CCl. The van der Waals surface area contributed by atoms with Crippen LogP contribution in [0.15, 0.2) is 23.3 Å². The van der Waals surface area contributed by atoms with E-state index in [2.05, 4.69) is 6.92 Å². The Balaban J connectivity index is 3.86. The van der Waals surface area contributed by atoms with Crippen LogP contribution in [0.5, 0.6) is 0 Å². The minimum absolute atomic E-state index is 0.564. The molecule has 4 heteroatoms. The van der Waals surface area contributed by atoms with E-state index in [1.165, 1.54) is 21.9 Å². The third kappa shape index (κ3) is 8.12. The molecule has 0 rings (SSSR count). The molecule has 0 amide bonds. The van der Waals surface area contributed by atoms with Crippen LogP contribution in [0.2, 0.25) is 0 Å². The summed E-state index contributed by atoms with van der Waals surface area (Å²) < 4.78 is 11.5. The van der Waals surface area contributed by atoms with Crippen molar-refractivity contribution in [1.82, 2.24) is 0 Å². The van der Waals surface area contributed by atoms with Crippen LogP contribution >= 0.6 is 22.4 Å². The van der Waals surface area contributed by atoms with Gasteiger partial charge in [-0.3, -0.25) is 0 Å². The van der Waals surface area contributed by atoms with Crippen molar-refractivity contribution in [2.45, 2.75) is 27.2 Å². The lowest BCUT2D eigenvalue weighted by Crippen LogP contribution is -1.94. The molecule has 0 aromatic heterocycles. The Morgan fingerprint density at radius 3 is 2.53 bits per heavy atom. The fourth-order valence-corrected chi connectivity index (χ4v) is 3.37. The van der Waals surface area contributed by atoms with E-state index in [1.54, 1.807) is 0 Å². The molecule has 0 aliphatic rings. The zero-order valence-corrected chi connectivity index (χ0v) is 12.0.